The predicted octanol–water partition coefficient (Wildman–Crippen LogP) is 4.99. The summed E-state index contributed by atoms with van der Waals surface area (Å²) < 4.78 is 7.05. The van der Waals surface area contributed by atoms with Gasteiger partial charge in [-0.05, 0) is 78.9 Å². The lowest BCUT2D eigenvalue weighted by atomic mass is 10.1. The Kier molecular flexibility index (Phi) is 5.80. The van der Waals surface area contributed by atoms with Crippen LogP contribution in [0.25, 0.3) is 5.69 Å². The fourth-order valence-corrected chi connectivity index (χ4v) is 3.10. The van der Waals surface area contributed by atoms with E-state index in [1.807, 2.05) is 47.3 Å². The van der Waals surface area contributed by atoms with E-state index in [4.69, 9.17) is 4.74 Å². The van der Waals surface area contributed by atoms with Gasteiger partial charge in [0.1, 0.15) is 5.75 Å². The standard InChI is InChI=1S/C25H21N3O3/c1-31-23-13-11-21(12-14-23)26-24(29)18-7-9-20(10-8-18)27-25(30)19-5-4-6-22(17-19)28-15-2-3-16-28/h2-17H,1H3,(H,26,29)(H,27,30). The summed E-state index contributed by atoms with van der Waals surface area (Å²) in [5, 5.41) is 5.70. The van der Waals surface area contributed by atoms with Crippen molar-refractivity contribution in [3.05, 3.63) is 108 Å². The van der Waals surface area contributed by atoms with Crippen LogP contribution in [0.5, 0.6) is 5.75 Å². The highest BCUT2D eigenvalue weighted by molar-refractivity contribution is 6.06. The van der Waals surface area contributed by atoms with Gasteiger partial charge in [0.05, 0.1) is 7.11 Å². The van der Waals surface area contributed by atoms with Gasteiger partial charge < -0.3 is 19.9 Å². The zero-order valence-electron chi connectivity index (χ0n) is 16.9. The number of ether oxygens (including phenoxy) is 1. The first kappa shape index (κ1) is 20.0. The lowest BCUT2D eigenvalue weighted by Gasteiger charge is -2.09. The minimum Gasteiger partial charge on any atom is -0.497 e. The minimum absolute atomic E-state index is 0.218. The Morgan fingerprint density at radius 3 is 1.90 bits per heavy atom. The molecule has 6 heteroatoms. The number of amides is 2. The van der Waals surface area contributed by atoms with Crippen LogP contribution in [0.1, 0.15) is 20.7 Å². The molecule has 6 nitrogen and oxygen atoms in total. The third-order valence-corrected chi connectivity index (χ3v) is 4.76. The molecule has 0 saturated carbocycles. The van der Waals surface area contributed by atoms with Crippen LogP contribution in [-0.2, 0) is 0 Å². The molecule has 1 aromatic heterocycles. The molecule has 4 rings (SSSR count). The fourth-order valence-electron chi connectivity index (χ4n) is 3.10. The zero-order chi connectivity index (χ0) is 21.6. The number of aromatic nitrogens is 1. The summed E-state index contributed by atoms with van der Waals surface area (Å²) in [6.45, 7) is 0. The van der Waals surface area contributed by atoms with E-state index < -0.39 is 0 Å². The van der Waals surface area contributed by atoms with Crippen molar-refractivity contribution in [2.75, 3.05) is 17.7 Å². The number of carbonyl (C=O) groups is 2. The molecular weight excluding hydrogens is 390 g/mol. The molecule has 0 aliphatic rings. The molecule has 2 amide bonds. The van der Waals surface area contributed by atoms with Crippen molar-refractivity contribution in [3.63, 3.8) is 0 Å². The summed E-state index contributed by atoms with van der Waals surface area (Å²) in [5.41, 5.74) is 3.22. The smallest absolute Gasteiger partial charge is 0.255 e. The molecule has 0 unspecified atom stereocenters. The van der Waals surface area contributed by atoms with Gasteiger partial charge in [0.2, 0.25) is 0 Å². The summed E-state index contributed by atoms with van der Waals surface area (Å²) in [6.07, 6.45) is 3.85. The summed E-state index contributed by atoms with van der Waals surface area (Å²) in [4.78, 5) is 25.1. The van der Waals surface area contributed by atoms with Crippen molar-refractivity contribution >= 4 is 23.2 Å². The third-order valence-electron chi connectivity index (χ3n) is 4.76. The third kappa shape index (κ3) is 4.82. The SMILES string of the molecule is COc1ccc(NC(=O)c2ccc(NC(=O)c3cccc(-n4cccc4)c3)cc2)cc1. The second-order valence-electron chi connectivity index (χ2n) is 6.85. The second kappa shape index (κ2) is 9.00. The van der Waals surface area contributed by atoms with Gasteiger partial charge in [-0.3, -0.25) is 9.59 Å². The Balaban J connectivity index is 1.40. The molecule has 0 bridgehead atoms. The van der Waals surface area contributed by atoms with Crippen LogP contribution in [0.4, 0.5) is 11.4 Å². The van der Waals surface area contributed by atoms with Gasteiger partial charge in [-0.15, -0.1) is 0 Å². The number of hydrogen-bond acceptors (Lipinski definition) is 3. The highest BCUT2D eigenvalue weighted by Gasteiger charge is 2.10. The summed E-state index contributed by atoms with van der Waals surface area (Å²) in [5.74, 6) is 0.267. The lowest BCUT2D eigenvalue weighted by molar-refractivity contribution is 0.102. The van der Waals surface area contributed by atoms with E-state index >= 15 is 0 Å². The van der Waals surface area contributed by atoms with Crippen LogP contribution in [0, 0.1) is 0 Å². The summed E-state index contributed by atoms with van der Waals surface area (Å²) in [6, 6.07) is 25.1. The van der Waals surface area contributed by atoms with Crippen molar-refractivity contribution < 1.29 is 14.3 Å². The van der Waals surface area contributed by atoms with Crippen molar-refractivity contribution in [3.8, 4) is 11.4 Å². The first-order chi connectivity index (χ1) is 15.1. The molecule has 4 aromatic rings. The summed E-state index contributed by atoms with van der Waals surface area (Å²) >= 11 is 0. The maximum absolute atomic E-state index is 12.6. The number of hydrogen-bond donors (Lipinski definition) is 2. The molecule has 0 fully saturated rings. The normalized spacial score (nSPS) is 10.4. The predicted molar refractivity (Wildman–Crippen MR) is 121 cm³/mol. The van der Waals surface area contributed by atoms with Gasteiger partial charge in [-0.1, -0.05) is 6.07 Å². The molecule has 3 aromatic carbocycles. The fraction of sp³-hybridized carbons (Fsp3) is 0.0400. The van der Waals surface area contributed by atoms with Gasteiger partial charge in [0.25, 0.3) is 11.8 Å². The zero-order valence-corrected chi connectivity index (χ0v) is 16.9. The molecule has 0 radical (unpaired) electrons. The topological polar surface area (TPSA) is 72.4 Å². The van der Waals surface area contributed by atoms with Crippen molar-refractivity contribution in [2.24, 2.45) is 0 Å². The number of carbonyl (C=O) groups excluding carboxylic acids is 2. The quantitative estimate of drug-likeness (QED) is 0.469. The Morgan fingerprint density at radius 2 is 1.29 bits per heavy atom. The highest BCUT2D eigenvalue weighted by atomic mass is 16.5. The van der Waals surface area contributed by atoms with E-state index in [-0.39, 0.29) is 11.8 Å². The summed E-state index contributed by atoms with van der Waals surface area (Å²) in [7, 11) is 1.59. The van der Waals surface area contributed by atoms with Crippen LogP contribution in [0.2, 0.25) is 0 Å². The number of methoxy groups -OCH3 is 1. The van der Waals surface area contributed by atoms with E-state index in [9.17, 15) is 9.59 Å². The molecule has 0 spiro atoms. The number of rotatable bonds is 6. The van der Waals surface area contributed by atoms with E-state index in [1.54, 1.807) is 61.7 Å². The number of benzene rings is 3. The molecule has 31 heavy (non-hydrogen) atoms. The van der Waals surface area contributed by atoms with Gasteiger partial charge in [0.15, 0.2) is 0 Å². The molecule has 2 N–H and O–H groups in total. The Bertz CT molecular complexity index is 1180. The first-order valence-electron chi connectivity index (χ1n) is 9.72. The van der Waals surface area contributed by atoms with Crippen molar-refractivity contribution in [2.45, 2.75) is 0 Å². The van der Waals surface area contributed by atoms with Crippen molar-refractivity contribution in [1.82, 2.24) is 4.57 Å². The van der Waals surface area contributed by atoms with Crippen LogP contribution >= 0.6 is 0 Å². The molecular formula is C25H21N3O3. The highest BCUT2D eigenvalue weighted by Crippen LogP contribution is 2.18. The van der Waals surface area contributed by atoms with Gasteiger partial charge >= 0.3 is 0 Å². The van der Waals surface area contributed by atoms with E-state index in [2.05, 4.69) is 10.6 Å². The van der Waals surface area contributed by atoms with Crippen LogP contribution in [-0.4, -0.2) is 23.5 Å². The molecule has 0 aliphatic carbocycles. The van der Waals surface area contributed by atoms with Crippen LogP contribution < -0.4 is 15.4 Å². The largest absolute Gasteiger partial charge is 0.497 e. The Labute approximate surface area is 180 Å². The van der Waals surface area contributed by atoms with E-state index in [0.29, 0.717) is 22.5 Å². The number of nitrogens with one attached hydrogen (secondary N) is 2. The van der Waals surface area contributed by atoms with Gasteiger partial charge in [-0.2, -0.15) is 0 Å². The van der Waals surface area contributed by atoms with Crippen molar-refractivity contribution in [1.29, 1.82) is 0 Å². The van der Waals surface area contributed by atoms with Gasteiger partial charge in [-0.25, -0.2) is 0 Å². The molecule has 1 heterocycles. The van der Waals surface area contributed by atoms with Crippen LogP contribution in [0.3, 0.4) is 0 Å². The Morgan fingerprint density at radius 1 is 0.710 bits per heavy atom. The molecule has 0 atom stereocenters. The van der Waals surface area contributed by atoms with E-state index in [1.165, 1.54) is 0 Å². The average molecular weight is 411 g/mol. The lowest BCUT2D eigenvalue weighted by Crippen LogP contribution is -2.14. The van der Waals surface area contributed by atoms with Crippen LogP contribution in [0.15, 0.2) is 97.3 Å². The monoisotopic (exact) mass is 411 g/mol. The number of anilines is 2. The minimum atomic E-state index is -0.234. The molecule has 0 aliphatic heterocycles. The maximum atomic E-state index is 12.6. The number of nitrogens with zero attached hydrogens (tertiary/aromatic N) is 1. The molecule has 0 saturated heterocycles. The Hall–Kier alpha value is -4.32. The molecule has 154 valence electrons. The maximum Gasteiger partial charge on any atom is 0.255 e. The second-order valence-corrected chi connectivity index (χ2v) is 6.85. The average Bonchev–Trinajstić information content (AvgIpc) is 3.35. The van der Waals surface area contributed by atoms with E-state index in [0.717, 1.165) is 11.4 Å². The van der Waals surface area contributed by atoms with Gasteiger partial charge in [0, 0.05) is 40.6 Å². The first-order valence-corrected chi connectivity index (χ1v) is 9.72.